The first kappa shape index (κ1) is 11.7. The maximum atomic E-state index is 12.6. The number of rotatable bonds is 2. The Balaban J connectivity index is 1.78. The van der Waals surface area contributed by atoms with Crippen LogP contribution < -0.4 is 9.64 Å². The molecule has 0 aromatic heterocycles. The topological polar surface area (TPSA) is 55.8 Å². The summed E-state index contributed by atoms with van der Waals surface area (Å²) in [6.07, 6.45) is 3.23. The molecule has 0 N–H and O–H groups in total. The molecule has 0 aliphatic carbocycles. The molecule has 4 rings (SSSR count). The van der Waals surface area contributed by atoms with Gasteiger partial charge >= 0.3 is 0 Å². The second-order valence-corrected chi connectivity index (χ2v) is 5.19. The lowest BCUT2D eigenvalue weighted by Crippen LogP contribution is -2.34. The van der Waals surface area contributed by atoms with E-state index < -0.39 is 0 Å². The van der Waals surface area contributed by atoms with E-state index in [0.29, 0.717) is 11.4 Å². The van der Waals surface area contributed by atoms with E-state index in [-0.39, 0.29) is 35.9 Å². The van der Waals surface area contributed by atoms with Gasteiger partial charge in [0.2, 0.25) is 11.8 Å². The normalized spacial score (nSPS) is 34.0. The maximum absolute atomic E-state index is 12.6. The molecule has 1 aromatic rings. The summed E-state index contributed by atoms with van der Waals surface area (Å²) in [5.41, 5.74) is 0.513. The van der Waals surface area contributed by atoms with Crippen molar-refractivity contribution in [3.8, 4) is 5.75 Å². The first-order valence-electron chi connectivity index (χ1n) is 6.57. The fraction of sp³-hybridized carbons (Fsp3) is 0.333. The molecule has 0 radical (unpaired) electrons. The Morgan fingerprint density at radius 2 is 1.65 bits per heavy atom. The fourth-order valence-corrected chi connectivity index (χ4v) is 3.36. The van der Waals surface area contributed by atoms with Gasteiger partial charge in [0.1, 0.15) is 5.75 Å². The summed E-state index contributed by atoms with van der Waals surface area (Å²) >= 11 is 0. The zero-order valence-corrected chi connectivity index (χ0v) is 10.9. The SMILES string of the molecule is COc1ccccc1N1C(=O)[C@@H]2[C@@H](C1=O)[C@H]1C=C[C@@H]2O1. The van der Waals surface area contributed by atoms with Crippen LogP contribution in [0.15, 0.2) is 36.4 Å². The second-order valence-electron chi connectivity index (χ2n) is 5.19. The monoisotopic (exact) mass is 271 g/mol. The van der Waals surface area contributed by atoms with E-state index in [1.54, 1.807) is 18.2 Å². The summed E-state index contributed by atoms with van der Waals surface area (Å²) < 4.78 is 10.9. The largest absolute Gasteiger partial charge is 0.495 e. The van der Waals surface area contributed by atoms with Crippen molar-refractivity contribution < 1.29 is 19.1 Å². The Morgan fingerprint density at radius 3 is 2.25 bits per heavy atom. The van der Waals surface area contributed by atoms with Gasteiger partial charge in [-0.25, -0.2) is 4.90 Å². The first-order valence-corrected chi connectivity index (χ1v) is 6.57. The summed E-state index contributed by atoms with van der Waals surface area (Å²) in [5, 5.41) is 0. The highest BCUT2D eigenvalue weighted by molar-refractivity contribution is 6.23. The summed E-state index contributed by atoms with van der Waals surface area (Å²) in [6.45, 7) is 0. The quantitative estimate of drug-likeness (QED) is 0.598. The molecule has 2 saturated heterocycles. The van der Waals surface area contributed by atoms with E-state index in [2.05, 4.69) is 0 Å². The van der Waals surface area contributed by atoms with Crippen molar-refractivity contribution in [3.05, 3.63) is 36.4 Å². The third-order valence-electron chi connectivity index (χ3n) is 4.24. The predicted molar refractivity (Wildman–Crippen MR) is 70.3 cm³/mol. The van der Waals surface area contributed by atoms with Crippen molar-refractivity contribution in [1.29, 1.82) is 0 Å². The zero-order chi connectivity index (χ0) is 13.9. The number of amides is 2. The Labute approximate surface area is 115 Å². The van der Waals surface area contributed by atoms with Crippen LogP contribution in [0.2, 0.25) is 0 Å². The lowest BCUT2D eigenvalue weighted by atomic mass is 9.85. The number of carbonyl (C=O) groups is 2. The van der Waals surface area contributed by atoms with Crippen LogP contribution in [0.5, 0.6) is 5.75 Å². The molecule has 0 unspecified atom stereocenters. The summed E-state index contributed by atoms with van der Waals surface area (Å²) in [6, 6.07) is 7.07. The maximum Gasteiger partial charge on any atom is 0.240 e. The Kier molecular flexibility index (Phi) is 2.29. The molecule has 0 saturated carbocycles. The third-order valence-corrected chi connectivity index (χ3v) is 4.24. The van der Waals surface area contributed by atoms with Crippen molar-refractivity contribution in [1.82, 2.24) is 0 Å². The second kappa shape index (κ2) is 3.93. The molecule has 4 atom stereocenters. The summed E-state index contributed by atoms with van der Waals surface area (Å²) in [5.74, 6) is -0.636. The number of para-hydroxylation sites is 2. The number of nitrogens with zero attached hydrogens (tertiary/aromatic N) is 1. The molecule has 3 aliphatic rings. The van der Waals surface area contributed by atoms with Crippen molar-refractivity contribution >= 4 is 17.5 Å². The standard InChI is InChI=1S/C15H13NO4/c1-19-9-5-3-2-4-8(9)16-14(17)12-10-6-7-11(20-10)13(12)15(16)18/h2-7,10-13H,1H3/t10-,11+,12-,13-/m0/s1. The van der Waals surface area contributed by atoms with E-state index >= 15 is 0 Å². The van der Waals surface area contributed by atoms with Crippen LogP contribution in [0.3, 0.4) is 0 Å². The number of carbonyl (C=O) groups excluding carboxylic acids is 2. The average molecular weight is 271 g/mol. The van der Waals surface area contributed by atoms with Crippen LogP contribution in [-0.2, 0) is 14.3 Å². The van der Waals surface area contributed by atoms with Crippen LogP contribution in [0, 0.1) is 11.8 Å². The van der Waals surface area contributed by atoms with E-state index in [4.69, 9.17) is 9.47 Å². The van der Waals surface area contributed by atoms with Crippen molar-refractivity contribution in [2.75, 3.05) is 12.0 Å². The van der Waals surface area contributed by atoms with Gasteiger partial charge < -0.3 is 9.47 Å². The lowest BCUT2D eigenvalue weighted by molar-refractivity contribution is -0.124. The van der Waals surface area contributed by atoms with Gasteiger partial charge in [-0.2, -0.15) is 0 Å². The minimum atomic E-state index is -0.387. The van der Waals surface area contributed by atoms with Gasteiger partial charge in [0.15, 0.2) is 0 Å². The number of methoxy groups -OCH3 is 1. The van der Waals surface area contributed by atoms with E-state index in [1.165, 1.54) is 12.0 Å². The van der Waals surface area contributed by atoms with Gasteiger partial charge in [0.25, 0.3) is 0 Å². The van der Waals surface area contributed by atoms with Crippen molar-refractivity contribution in [3.63, 3.8) is 0 Å². The van der Waals surface area contributed by atoms with Crippen molar-refractivity contribution in [2.24, 2.45) is 11.8 Å². The molecule has 1 aromatic carbocycles. The Hall–Kier alpha value is -2.14. The molecule has 0 spiro atoms. The molecular formula is C15H13NO4. The number of fused-ring (bicyclic) bond motifs is 5. The van der Waals surface area contributed by atoms with Crippen LogP contribution in [-0.4, -0.2) is 31.1 Å². The van der Waals surface area contributed by atoms with Gasteiger partial charge in [-0.1, -0.05) is 24.3 Å². The van der Waals surface area contributed by atoms with Gasteiger partial charge in [-0.15, -0.1) is 0 Å². The number of benzene rings is 1. The number of hydrogen-bond donors (Lipinski definition) is 0. The van der Waals surface area contributed by atoms with Crippen LogP contribution in [0.4, 0.5) is 5.69 Å². The lowest BCUT2D eigenvalue weighted by Gasteiger charge is -2.19. The van der Waals surface area contributed by atoms with E-state index in [9.17, 15) is 9.59 Å². The third kappa shape index (κ3) is 1.30. The fourth-order valence-electron chi connectivity index (χ4n) is 3.36. The smallest absolute Gasteiger partial charge is 0.240 e. The van der Waals surface area contributed by atoms with E-state index in [1.807, 2.05) is 18.2 Å². The van der Waals surface area contributed by atoms with Gasteiger partial charge in [0.05, 0.1) is 36.8 Å². The highest BCUT2D eigenvalue weighted by Gasteiger charge is 2.61. The first-order chi connectivity index (χ1) is 9.72. The molecule has 20 heavy (non-hydrogen) atoms. The molecule has 3 heterocycles. The number of ether oxygens (including phenoxy) is 2. The molecular weight excluding hydrogens is 258 g/mol. The Bertz CT molecular complexity index is 609. The Morgan fingerprint density at radius 1 is 1.05 bits per heavy atom. The highest BCUT2D eigenvalue weighted by atomic mass is 16.5. The zero-order valence-electron chi connectivity index (χ0n) is 10.9. The minimum absolute atomic E-state index is 0.193. The van der Waals surface area contributed by atoms with Crippen LogP contribution >= 0.6 is 0 Å². The van der Waals surface area contributed by atoms with Gasteiger partial charge in [-0.05, 0) is 12.1 Å². The molecule has 5 heteroatoms. The molecule has 2 bridgehead atoms. The number of hydrogen-bond acceptors (Lipinski definition) is 4. The predicted octanol–water partition coefficient (Wildman–Crippen LogP) is 1.14. The average Bonchev–Trinajstić information content (AvgIpc) is 3.13. The molecule has 3 aliphatic heterocycles. The summed E-state index contributed by atoms with van der Waals surface area (Å²) in [4.78, 5) is 26.4. The van der Waals surface area contributed by atoms with E-state index in [0.717, 1.165) is 0 Å². The van der Waals surface area contributed by atoms with Crippen LogP contribution in [0.25, 0.3) is 0 Å². The van der Waals surface area contributed by atoms with Crippen LogP contribution in [0.1, 0.15) is 0 Å². The van der Waals surface area contributed by atoms with Gasteiger partial charge in [0, 0.05) is 0 Å². The van der Waals surface area contributed by atoms with Crippen molar-refractivity contribution in [2.45, 2.75) is 12.2 Å². The molecule has 2 fully saturated rings. The molecule has 2 amide bonds. The van der Waals surface area contributed by atoms with Gasteiger partial charge in [-0.3, -0.25) is 9.59 Å². The highest BCUT2D eigenvalue weighted by Crippen LogP contribution is 2.47. The summed E-state index contributed by atoms with van der Waals surface area (Å²) in [7, 11) is 1.53. The number of anilines is 1. The minimum Gasteiger partial charge on any atom is -0.495 e. The number of imide groups is 1. The molecule has 102 valence electrons. The molecule has 5 nitrogen and oxygen atoms in total.